The van der Waals surface area contributed by atoms with Crippen molar-refractivity contribution in [1.29, 1.82) is 0 Å². The third-order valence-corrected chi connectivity index (χ3v) is 3.44. The first-order chi connectivity index (χ1) is 8.99. The number of anilines is 1. The summed E-state index contributed by atoms with van der Waals surface area (Å²) in [6.45, 7) is 3.47. The number of amides is 1. The van der Waals surface area contributed by atoms with Crippen molar-refractivity contribution in [2.75, 3.05) is 12.1 Å². The van der Waals surface area contributed by atoms with E-state index in [-0.39, 0.29) is 12.3 Å². The van der Waals surface area contributed by atoms with Gasteiger partial charge in [-0.3, -0.25) is 9.59 Å². The normalized spacial score (nSPS) is 22.4. The average molecular weight is 260 g/mol. The molecule has 100 valence electrons. The summed E-state index contributed by atoms with van der Waals surface area (Å²) in [5.74, 6) is -0.623. The number of carbonyl (C=O) groups excluding carboxylic acids is 2. The van der Waals surface area contributed by atoms with E-state index in [0.29, 0.717) is 11.4 Å². The third kappa shape index (κ3) is 2.23. The van der Waals surface area contributed by atoms with Crippen LogP contribution in [0.15, 0.2) is 35.4 Å². The Balaban J connectivity index is 2.31. The topological polar surface area (TPSA) is 59.0 Å². The average Bonchev–Trinajstić information content (AvgIpc) is 2.64. The molecule has 19 heavy (non-hydrogen) atoms. The fourth-order valence-corrected chi connectivity index (χ4v) is 2.00. The number of hydrogen-bond donors (Lipinski definition) is 0. The van der Waals surface area contributed by atoms with Gasteiger partial charge >= 0.3 is 5.97 Å². The van der Waals surface area contributed by atoms with Crippen LogP contribution in [0.3, 0.4) is 0 Å². The molecule has 0 fully saturated rings. The highest BCUT2D eigenvalue weighted by atomic mass is 16.5. The second kappa shape index (κ2) is 4.84. The Bertz CT molecular complexity index is 539. The quantitative estimate of drug-likeness (QED) is 0.781. The molecular formula is C14H16N2O3. The van der Waals surface area contributed by atoms with E-state index in [0.717, 1.165) is 0 Å². The minimum Gasteiger partial charge on any atom is -0.469 e. The largest absolute Gasteiger partial charge is 0.469 e. The zero-order valence-electron chi connectivity index (χ0n) is 11.2. The minimum absolute atomic E-state index is 0.000992. The molecule has 0 saturated heterocycles. The van der Waals surface area contributed by atoms with Gasteiger partial charge in [0.05, 0.1) is 30.3 Å². The monoisotopic (exact) mass is 260 g/mol. The van der Waals surface area contributed by atoms with Gasteiger partial charge in [-0.15, -0.1) is 0 Å². The van der Waals surface area contributed by atoms with Gasteiger partial charge in [0.15, 0.2) is 0 Å². The summed E-state index contributed by atoms with van der Waals surface area (Å²) in [5, 5.41) is 5.62. The molecular weight excluding hydrogens is 244 g/mol. The van der Waals surface area contributed by atoms with Crippen molar-refractivity contribution < 1.29 is 14.3 Å². The van der Waals surface area contributed by atoms with Crippen molar-refractivity contribution in [2.45, 2.75) is 20.3 Å². The highest BCUT2D eigenvalue weighted by Crippen LogP contribution is 2.35. The lowest BCUT2D eigenvalue weighted by molar-refractivity contribution is -0.144. The molecule has 1 atom stereocenters. The lowest BCUT2D eigenvalue weighted by Gasteiger charge is -2.22. The summed E-state index contributed by atoms with van der Waals surface area (Å²) < 4.78 is 4.65. The summed E-state index contributed by atoms with van der Waals surface area (Å²) in [6.07, 6.45) is 0.000992. The van der Waals surface area contributed by atoms with Gasteiger partial charge in [0.2, 0.25) is 0 Å². The van der Waals surface area contributed by atoms with Crippen LogP contribution >= 0.6 is 0 Å². The molecule has 0 aliphatic carbocycles. The van der Waals surface area contributed by atoms with Crippen LogP contribution in [0, 0.1) is 5.41 Å². The molecule has 2 rings (SSSR count). The van der Waals surface area contributed by atoms with E-state index in [1.807, 2.05) is 18.2 Å². The van der Waals surface area contributed by atoms with Crippen LogP contribution in [0.1, 0.15) is 20.3 Å². The van der Waals surface area contributed by atoms with Gasteiger partial charge in [0, 0.05) is 0 Å². The van der Waals surface area contributed by atoms with Gasteiger partial charge in [0.25, 0.3) is 5.91 Å². The van der Waals surface area contributed by atoms with Crippen molar-refractivity contribution in [1.82, 2.24) is 0 Å². The number of benzene rings is 1. The van der Waals surface area contributed by atoms with Crippen LogP contribution in [0.4, 0.5) is 5.69 Å². The summed E-state index contributed by atoms with van der Waals surface area (Å²) in [4.78, 5) is 24.0. The van der Waals surface area contributed by atoms with Gasteiger partial charge < -0.3 is 4.74 Å². The Labute approximate surface area is 111 Å². The van der Waals surface area contributed by atoms with E-state index < -0.39 is 11.4 Å². The Hall–Kier alpha value is -2.17. The fourth-order valence-electron chi connectivity index (χ4n) is 2.00. The molecule has 1 aromatic rings. The van der Waals surface area contributed by atoms with Crippen molar-refractivity contribution >= 4 is 23.3 Å². The number of methoxy groups -OCH3 is 1. The molecule has 1 aliphatic heterocycles. The molecule has 0 radical (unpaired) electrons. The first kappa shape index (κ1) is 13.3. The number of rotatable bonds is 3. The molecule has 1 aromatic carbocycles. The van der Waals surface area contributed by atoms with E-state index in [4.69, 9.17) is 0 Å². The van der Waals surface area contributed by atoms with Crippen molar-refractivity contribution in [3.63, 3.8) is 0 Å². The Morgan fingerprint density at radius 1 is 1.37 bits per heavy atom. The molecule has 0 N–H and O–H groups in total. The zero-order chi connectivity index (χ0) is 14.0. The maximum absolute atomic E-state index is 12.5. The van der Waals surface area contributed by atoms with Crippen LogP contribution in [-0.4, -0.2) is 24.7 Å². The Kier molecular flexibility index (Phi) is 3.38. The van der Waals surface area contributed by atoms with Gasteiger partial charge in [-0.1, -0.05) is 18.2 Å². The van der Waals surface area contributed by atoms with Crippen molar-refractivity contribution in [3.05, 3.63) is 30.3 Å². The first-order valence-corrected chi connectivity index (χ1v) is 6.01. The summed E-state index contributed by atoms with van der Waals surface area (Å²) in [7, 11) is 1.31. The van der Waals surface area contributed by atoms with E-state index in [9.17, 15) is 9.59 Å². The highest BCUT2D eigenvalue weighted by molar-refractivity contribution is 6.19. The number of carbonyl (C=O) groups is 2. The molecule has 5 heteroatoms. The van der Waals surface area contributed by atoms with Crippen molar-refractivity contribution in [2.24, 2.45) is 10.5 Å². The lowest BCUT2D eigenvalue weighted by Crippen LogP contribution is -2.38. The minimum atomic E-state index is -0.928. The van der Waals surface area contributed by atoms with E-state index >= 15 is 0 Å². The van der Waals surface area contributed by atoms with Gasteiger partial charge in [-0.25, -0.2) is 0 Å². The first-order valence-electron chi connectivity index (χ1n) is 6.01. The molecule has 1 aliphatic rings. The third-order valence-electron chi connectivity index (χ3n) is 3.44. The maximum Gasteiger partial charge on any atom is 0.306 e. The molecule has 0 spiro atoms. The van der Waals surface area contributed by atoms with Crippen LogP contribution in [0.25, 0.3) is 0 Å². The van der Waals surface area contributed by atoms with Crippen LogP contribution in [0.2, 0.25) is 0 Å². The fraction of sp³-hybridized carbons (Fsp3) is 0.357. The molecule has 0 bridgehead atoms. The summed E-state index contributed by atoms with van der Waals surface area (Å²) in [5.41, 5.74) is 0.385. The zero-order valence-corrected chi connectivity index (χ0v) is 11.2. The molecule has 1 heterocycles. The predicted octanol–water partition coefficient (Wildman–Crippen LogP) is 1.98. The Morgan fingerprint density at radius 2 is 2.00 bits per heavy atom. The standard InChI is InChI=1S/C14H16N2O3/c1-10-14(2,9-12(17)19-3)13(18)16(15-10)11-7-5-4-6-8-11/h4-8H,9H2,1-3H3/t14-/m0/s1. The predicted molar refractivity (Wildman–Crippen MR) is 71.8 cm³/mol. The summed E-state index contributed by atoms with van der Waals surface area (Å²) in [6, 6.07) is 9.15. The molecule has 0 aromatic heterocycles. The second-order valence-electron chi connectivity index (χ2n) is 4.72. The number of ether oxygens (including phenoxy) is 1. The number of hydrazone groups is 1. The van der Waals surface area contributed by atoms with Crippen LogP contribution in [0.5, 0.6) is 0 Å². The van der Waals surface area contributed by atoms with Gasteiger partial charge in [-0.05, 0) is 26.0 Å². The number of nitrogens with zero attached hydrogens (tertiary/aromatic N) is 2. The van der Waals surface area contributed by atoms with E-state index in [2.05, 4.69) is 9.84 Å². The molecule has 1 amide bonds. The number of hydrogen-bond acceptors (Lipinski definition) is 4. The number of esters is 1. The highest BCUT2D eigenvalue weighted by Gasteiger charge is 2.47. The molecule has 0 unspecified atom stereocenters. The SMILES string of the molecule is COC(=O)C[C@]1(C)C(=O)N(c2ccccc2)N=C1C. The van der Waals surface area contributed by atoms with Gasteiger partial charge in [-0.2, -0.15) is 10.1 Å². The number of para-hydroxylation sites is 1. The lowest BCUT2D eigenvalue weighted by atomic mass is 9.82. The molecule has 5 nitrogen and oxygen atoms in total. The summed E-state index contributed by atoms with van der Waals surface area (Å²) >= 11 is 0. The van der Waals surface area contributed by atoms with Gasteiger partial charge in [0.1, 0.15) is 0 Å². The maximum atomic E-state index is 12.5. The smallest absolute Gasteiger partial charge is 0.306 e. The van der Waals surface area contributed by atoms with E-state index in [1.54, 1.807) is 26.0 Å². The molecule has 0 saturated carbocycles. The van der Waals surface area contributed by atoms with Crippen molar-refractivity contribution in [3.8, 4) is 0 Å². The van der Waals surface area contributed by atoms with Crippen LogP contribution in [-0.2, 0) is 14.3 Å². The second-order valence-corrected chi connectivity index (χ2v) is 4.72. The van der Waals surface area contributed by atoms with E-state index in [1.165, 1.54) is 12.1 Å². The Morgan fingerprint density at radius 3 is 2.58 bits per heavy atom. The van der Waals surface area contributed by atoms with Crippen LogP contribution < -0.4 is 5.01 Å².